The van der Waals surface area contributed by atoms with Gasteiger partial charge in [-0.05, 0) is 34.1 Å². The average molecular weight is 329 g/mol. The van der Waals surface area contributed by atoms with E-state index in [9.17, 15) is 9.59 Å². The van der Waals surface area contributed by atoms with E-state index in [0.29, 0.717) is 15.7 Å². The molecule has 0 aliphatic heterocycles. The van der Waals surface area contributed by atoms with Crippen LogP contribution in [-0.4, -0.2) is 37.5 Å². The van der Waals surface area contributed by atoms with E-state index in [1.54, 1.807) is 32.2 Å². The number of ether oxygens (including phenoxy) is 1. The second-order valence-electron chi connectivity index (χ2n) is 4.35. The molecule has 1 amide bonds. The molecular weight excluding hydrogens is 312 g/mol. The maximum Gasteiger partial charge on any atom is 0.310 e. The Labute approximate surface area is 120 Å². The number of nitrogens with two attached hydrogens (primary N) is 1. The van der Waals surface area contributed by atoms with Gasteiger partial charge in [-0.2, -0.15) is 0 Å². The summed E-state index contributed by atoms with van der Waals surface area (Å²) in [7, 11) is 2.96. The highest BCUT2D eigenvalue weighted by Crippen LogP contribution is 2.21. The predicted molar refractivity (Wildman–Crippen MR) is 76.7 cm³/mol. The van der Waals surface area contributed by atoms with Crippen LogP contribution < -0.4 is 5.73 Å². The van der Waals surface area contributed by atoms with Gasteiger partial charge < -0.3 is 15.4 Å². The summed E-state index contributed by atoms with van der Waals surface area (Å²) in [5, 5.41) is 0. The van der Waals surface area contributed by atoms with Gasteiger partial charge in [0.1, 0.15) is 0 Å². The number of nitrogen functional groups attached to an aromatic ring is 1. The van der Waals surface area contributed by atoms with E-state index in [4.69, 9.17) is 5.73 Å². The van der Waals surface area contributed by atoms with Crippen LogP contribution in [0.2, 0.25) is 0 Å². The minimum Gasteiger partial charge on any atom is -0.469 e. The zero-order valence-electron chi connectivity index (χ0n) is 11.1. The molecule has 0 bridgehead atoms. The fraction of sp³-hybridized carbons (Fsp3) is 0.385. The minimum atomic E-state index is -0.376. The fourth-order valence-electron chi connectivity index (χ4n) is 1.68. The number of rotatable bonds is 4. The zero-order chi connectivity index (χ0) is 14.6. The molecule has 1 aromatic rings. The molecule has 0 aromatic heterocycles. The Kier molecular flexibility index (Phi) is 5.35. The number of esters is 1. The summed E-state index contributed by atoms with van der Waals surface area (Å²) < 4.78 is 5.31. The van der Waals surface area contributed by atoms with Gasteiger partial charge in [-0.1, -0.05) is 6.92 Å². The van der Waals surface area contributed by atoms with Crippen molar-refractivity contribution >= 4 is 33.5 Å². The first-order valence-electron chi connectivity index (χ1n) is 5.75. The number of nitrogens with zero attached hydrogens (tertiary/aromatic N) is 1. The molecule has 1 aromatic carbocycles. The Morgan fingerprint density at radius 2 is 2.11 bits per heavy atom. The smallest absolute Gasteiger partial charge is 0.310 e. The molecule has 1 unspecified atom stereocenters. The van der Waals surface area contributed by atoms with Crippen LogP contribution in [0.25, 0.3) is 0 Å². The second kappa shape index (κ2) is 6.56. The van der Waals surface area contributed by atoms with Crippen LogP contribution in [-0.2, 0) is 9.53 Å². The fourth-order valence-corrected chi connectivity index (χ4v) is 2.10. The molecule has 1 atom stereocenters. The van der Waals surface area contributed by atoms with Gasteiger partial charge in [0, 0.05) is 23.8 Å². The molecule has 2 N–H and O–H groups in total. The monoisotopic (exact) mass is 328 g/mol. The maximum atomic E-state index is 12.3. The SMILES string of the molecule is COC(=O)C(C)CN(C)C(=O)c1cc(N)ccc1Br. The largest absolute Gasteiger partial charge is 0.469 e. The number of hydrogen-bond donors (Lipinski definition) is 1. The predicted octanol–water partition coefficient (Wildman–Crippen LogP) is 1.91. The van der Waals surface area contributed by atoms with E-state index in [0.717, 1.165) is 0 Å². The van der Waals surface area contributed by atoms with Crippen molar-refractivity contribution < 1.29 is 14.3 Å². The highest BCUT2D eigenvalue weighted by atomic mass is 79.9. The number of anilines is 1. The van der Waals surface area contributed by atoms with Gasteiger partial charge in [0.15, 0.2) is 0 Å². The van der Waals surface area contributed by atoms with Crippen molar-refractivity contribution in [1.82, 2.24) is 4.90 Å². The second-order valence-corrected chi connectivity index (χ2v) is 5.20. The van der Waals surface area contributed by atoms with Crippen LogP contribution >= 0.6 is 15.9 Å². The Bertz CT molecular complexity index is 491. The molecule has 5 nitrogen and oxygen atoms in total. The number of carbonyl (C=O) groups is 2. The lowest BCUT2D eigenvalue weighted by Gasteiger charge is -2.21. The zero-order valence-corrected chi connectivity index (χ0v) is 12.7. The average Bonchev–Trinajstić information content (AvgIpc) is 2.39. The third kappa shape index (κ3) is 3.96. The molecule has 0 aliphatic carbocycles. The number of halogens is 1. The lowest BCUT2D eigenvalue weighted by Crippen LogP contribution is -2.34. The van der Waals surface area contributed by atoms with Crippen molar-refractivity contribution in [2.75, 3.05) is 26.4 Å². The Hall–Kier alpha value is -1.56. The Balaban J connectivity index is 2.82. The maximum absolute atomic E-state index is 12.3. The van der Waals surface area contributed by atoms with Gasteiger partial charge in [-0.25, -0.2) is 0 Å². The van der Waals surface area contributed by atoms with Crippen LogP contribution in [0.4, 0.5) is 5.69 Å². The van der Waals surface area contributed by atoms with Crippen LogP contribution in [0.1, 0.15) is 17.3 Å². The molecule has 0 saturated heterocycles. The molecule has 104 valence electrons. The summed E-state index contributed by atoms with van der Waals surface area (Å²) in [5.41, 5.74) is 6.66. The number of carbonyl (C=O) groups excluding carboxylic acids is 2. The molecule has 0 fully saturated rings. The van der Waals surface area contributed by atoms with Crippen molar-refractivity contribution in [2.45, 2.75) is 6.92 Å². The third-order valence-corrected chi connectivity index (χ3v) is 3.41. The Morgan fingerprint density at radius 3 is 2.68 bits per heavy atom. The summed E-state index contributed by atoms with van der Waals surface area (Å²) in [5.74, 6) is -0.917. The van der Waals surface area contributed by atoms with Crippen LogP contribution in [0.5, 0.6) is 0 Å². The highest BCUT2D eigenvalue weighted by Gasteiger charge is 2.21. The van der Waals surface area contributed by atoms with E-state index < -0.39 is 0 Å². The third-order valence-electron chi connectivity index (χ3n) is 2.72. The van der Waals surface area contributed by atoms with Crippen molar-refractivity contribution in [3.63, 3.8) is 0 Å². The van der Waals surface area contributed by atoms with E-state index in [1.165, 1.54) is 12.0 Å². The lowest BCUT2D eigenvalue weighted by molar-refractivity contribution is -0.145. The standard InChI is InChI=1S/C13H17BrN2O3/c1-8(13(18)19-3)7-16(2)12(17)10-6-9(15)4-5-11(10)14/h4-6,8H,7,15H2,1-3H3. The number of benzene rings is 1. The van der Waals surface area contributed by atoms with Crippen molar-refractivity contribution in [3.05, 3.63) is 28.2 Å². The van der Waals surface area contributed by atoms with E-state index >= 15 is 0 Å². The van der Waals surface area contributed by atoms with E-state index in [2.05, 4.69) is 20.7 Å². The summed E-state index contributed by atoms with van der Waals surface area (Å²) in [6.45, 7) is 2.00. The first-order valence-corrected chi connectivity index (χ1v) is 6.54. The summed E-state index contributed by atoms with van der Waals surface area (Å²) in [6, 6.07) is 5.03. The van der Waals surface area contributed by atoms with Gasteiger partial charge in [0.25, 0.3) is 5.91 Å². The molecule has 0 radical (unpaired) electrons. The molecular formula is C13H17BrN2O3. The van der Waals surface area contributed by atoms with Crippen LogP contribution in [0.3, 0.4) is 0 Å². The van der Waals surface area contributed by atoms with Crippen molar-refractivity contribution in [2.24, 2.45) is 5.92 Å². The quantitative estimate of drug-likeness (QED) is 0.677. The summed E-state index contributed by atoms with van der Waals surface area (Å²) in [4.78, 5) is 25.1. The normalized spacial score (nSPS) is 11.8. The Morgan fingerprint density at radius 1 is 1.47 bits per heavy atom. The molecule has 0 spiro atoms. The number of methoxy groups -OCH3 is 1. The topological polar surface area (TPSA) is 72.6 Å². The molecule has 1 rings (SSSR count). The molecule has 19 heavy (non-hydrogen) atoms. The highest BCUT2D eigenvalue weighted by molar-refractivity contribution is 9.10. The van der Waals surface area contributed by atoms with E-state index in [-0.39, 0.29) is 24.3 Å². The van der Waals surface area contributed by atoms with Gasteiger partial charge in [0.2, 0.25) is 0 Å². The minimum absolute atomic E-state index is 0.199. The first kappa shape index (κ1) is 15.5. The van der Waals surface area contributed by atoms with Crippen LogP contribution in [0.15, 0.2) is 22.7 Å². The molecule has 6 heteroatoms. The van der Waals surface area contributed by atoms with Crippen molar-refractivity contribution in [1.29, 1.82) is 0 Å². The van der Waals surface area contributed by atoms with Gasteiger partial charge in [-0.15, -0.1) is 0 Å². The van der Waals surface area contributed by atoms with Gasteiger partial charge in [0.05, 0.1) is 18.6 Å². The van der Waals surface area contributed by atoms with Crippen molar-refractivity contribution in [3.8, 4) is 0 Å². The summed E-state index contributed by atoms with van der Waals surface area (Å²) in [6.07, 6.45) is 0. The number of amides is 1. The number of hydrogen-bond acceptors (Lipinski definition) is 4. The molecule has 0 aliphatic rings. The first-order chi connectivity index (χ1) is 8.86. The van der Waals surface area contributed by atoms with Crippen LogP contribution in [0, 0.1) is 5.92 Å². The van der Waals surface area contributed by atoms with E-state index in [1.807, 2.05) is 0 Å². The van der Waals surface area contributed by atoms with Gasteiger partial charge in [-0.3, -0.25) is 9.59 Å². The molecule has 0 saturated carbocycles. The molecule has 0 heterocycles. The lowest BCUT2D eigenvalue weighted by atomic mass is 10.1. The summed E-state index contributed by atoms with van der Waals surface area (Å²) >= 11 is 3.31. The van der Waals surface area contributed by atoms with Gasteiger partial charge >= 0.3 is 5.97 Å².